The molecule has 1 N–H and O–H groups in total. The third kappa shape index (κ3) is 4.06. The molecule has 0 bridgehead atoms. The average Bonchev–Trinajstić information content (AvgIpc) is 3.18. The monoisotopic (exact) mass is 442 g/mol. The van der Waals surface area contributed by atoms with Gasteiger partial charge in [-0.2, -0.15) is 0 Å². The van der Waals surface area contributed by atoms with Crippen molar-refractivity contribution in [1.29, 1.82) is 0 Å². The first kappa shape index (κ1) is 22.8. The van der Waals surface area contributed by atoms with Gasteiger partial charge in [0.25, 0.3) is 0 Å². The van der Waals surface area contributed by atoms with Gasteiger partial charge >= 0.3 is 0 Å². The van der Waals surface area contributed by atoms with Crippen LogP contribution in [0.1, 0.15) is 44.6 Å². The summed E-state index contributed by atoms with van der Waals surface area (Å²) in [4.78, 5) is 0. The van der Waals surface area contributed by atoms with E-state index in [1.165, 1.54) is 0 Å². The van der Waals surface area contributed by atoms with E-state index >= 15 is 0 Å². The molecular weight excluding hydrogens is 404 g/mol. The second-order valence-electron chi connectivity index (χ2n) is 10.5. The molecule has 1 fully saturated rings. The fourth-order valence-electron chi connectivity index (χ4n) is 6.14. The highest BCUT2D eigenvalue weighted by atomic mass is 28.4. The van der Waals surface area contributed by atoms with Gasteiger partial charge in [0.1, 0.15) is 5.75 Å². The molecule has 1 saturated carbocycles. The number of benzene rings is 1. The van der Waals surface area contributed by atoms with E-state index in [-0.39, 0.29) is 23.5 Å². The lowest BCUT2D eigenvalue weighted by atomic mass is 9.61. The van der Waals surface area contributed by atoms with Crippen molar-refractivity contribution in [2.24, 2.45) is 11.3 Å². The van der Waals surface area contributed by atoms with Gasteiger partial charge in [-0.25, -0.2) is 0 Å². The van der Waals surface area contributed by atoms with Crippen LogP contribution in [0.4, 0.5) is 0 Å². The van der Waals surface area contributed by atoms with Crippen molar-refractivity contribution in [1.82, 2.24) is 0 Å². The number of hydrogen-bond acceptors (Lipinski definition) is 4. The van der Waals surface area contributed by atoms with Crippen molar-refractivity contribution in [3.8, 4) is 5.75 Å². The molecule has 1 aromatic rings. The zero-order valence-electron chi connectivity index (χ0n) is 19.7. The molecule has 3 aliphatic carbocycles. The van der Waals surface area contributed by atoms with Crippen LogP contribution in [0, 0.1) is 11.3 Å². The minimum Gasteiger partial charge on any atom is -0.497 e. The summed E-state index contributed by atoms with van der Waals surface area (Å²) in [5, 5.41) is 12.1. The molecule has 5 atom stereocenters. The van der Waals surface area contributed by atoms with E-state index in [1.54, 1.807) is 7.11 Å². The predicted octanol–water partition coefficient (Wildman–Crippen LogP) is 5.63. The van der Waals surface area contributed by atoms with Crippen molar-refractivity contribution in [3.63, 3.8) is 0 Å². The molecule has 4 rings (SSSR count). The van der Waals surface area contributed by atoms with Crippen LogP contribution in [0.3, 0.4) is 0 Å². The van der Waals surface area contributed by atoms with E-state index in [0.29, 0.717) is 13.0 Å². The Balaban J connectivity index is 1.61. The fraction of sp³-hybridized carbons (Fsp3) is 0.615. The topological polar surface area (TPSA) is 47.9 Å². The lowest BCUT2D eigenvalue weighted by Crippen LogP contribution is -2.58. The van der Waals surface area contributed by atoms with Gasteiger partial charge in [0.2, 0.25) is 0 Å². The lowest BCUT2D eigenvalue weighted by molar-refractivity contribution is -0.130. The Morgan fingerprint density at radius 1 is 1.10 bits per heavy atom. The molecule has 1 aromatic carbocycles. The molecule has 4 nitrogen and oxygen atoms in total. The Labute approximate surface area is 188 Å². The van der Waals surface area contributed by atoms with Gasteiger partial charge < -0.3 is 19.0 Å². The quantitative estimate of drug-likeness (QED) is 0.458. The smallest absolute Gasteiger partial charge is 0.184 e. The molecule has 0 radical (unpaired) electrons. The third-order valence-electron chi connectivity index (χ3n) is 7.56. The van der Waals surface area contributed by atoms with Crippen molar-refractivity contribution in [3.05, 3.63) is 53.6 Å². The van der Waals surface area contributed by atoms with Crippen LogP contribution in [-0.4, -0.2) is 38.3 Å². The number of hydrogen-bond donors (Lipinski definition) is 1. The third-order valence-corrected chi connectivity index (χ3v) is 8.55. The summed E-state index contributed by atoms with van der Waals surface area (Å²) < 4.78 is 18.6. The van der Waals surface area contributed by atoms with Gasteiger partial charge in [0, 0.05) is 11.3 Å². The minimum absolute atomic E-state index is 0.0578. The van der Waals surface area contributed by atoms with Crippen LogP contribution in [0.25, 0.3) is 0 Å². The summed E-state index contributed by atoms with van der Waals surface area (Å²) in [5.41, 5.74) is 1.08. The molecule has 0 aromatic heterocycles. The number of rotatable bonds is 6. The molecule has 0 aliphatic heterocycles. The Morgan fingerprint density at radius 2 is 1.84 bits per heavy atom. The molecule has 0 heterocycles. The Kier molecular flexibility index (Phi) is 6.25. The van der Waals surface area contributed by atoms with Crippen LogP contribution in [-0.2, 0) is 15.8 Å². The van der Waals surface area contributed by atoms with Crippen molar-refractivity contribution in [2.45, 2.75) is 83.1 Å². The Morgan fingerprint density at radius 3 is 2.52 bits per heavy atom. The van der Waals surface area contributed by atoms with Crippen molar-refractivity contribution >= 4 is 8.32 Å². The zero-order chi connectivity index (χ0) is 22.3. The highest BCUT2D eigenvalue weighted by Crippen LogP contribution is 2.64. The highest BCUT2D eigenvalue weighted by molar-refractivity contribution is 6.69. The maximum absolute atomic E-state index is 12.1. The first-order valence-corrected chi connectivity index (χ1v) is 15.1. The number of aliphatic hydroxyl groups is 1. The molecular formula is C26H38O4Si. The summed E-state index contributed by atoms with van der Waals surface area (Å²) in [6.45, 7) is 9.45. The first-order valence-electron chi connectivity index (χ1n) is 11.7. The Bertz CT molecular complexity index is 840. The lowest BCUT2D eigenvalue weighted by Gasteiger charge is -2.51. The van der Waals surface area contributed by atoms with E-state index < -0.39 is 13.9 Å². The second-order valence-corrected chi connectivity index (χ2v) is 14.9. The molecule has 170 valence electrons. The fourth-order valence-corrected chi connectivity index (χ4v) is 7.33. The molecule has 31 heavy (non-hydrogen) atoms. The highest BCUT2D eigenvalue weighted by Gasteiger charge is 2.67. The summed E-state index contributed by atoms with van der Waals surface area (Å²) in [7, 11) is -0.0936. The van der Waals surface area contributed by atoms with Crippen LogP contribution in [0.2, 0.25) is 19.6 Å². The van der Waals surface area contributed by atoms with Crippen molar-refractivity contribution in [2.75, 3.05) is 7.11 Å². The van der Waals surface area contributed by atoms with Crippen LogP contribution in [0.15, 0.2) is 48.1 Å². The largest absolute Gasteiger partial charge is 0.497 e. The van der Waals surface area contributed by atoms with Gasteiger partial charge in [0.15, 0.2) is 8.32 Å². The normalized spacial score (nSPS) is 36.2. The molecule has 0 amide bonds. The standard InChI is InChI=1S/C26H38O4Si/c1-19-17-22-23(29-18-20-10-12-21(28-2)13-11-20)14-16-25(22)24(30-31(3,4)5)9-7-6-8-15-26(19,25)27/h6,8,10-13,17,22-24,27H,7,9,14-16,18H2,1-5H3/b8-6-/t22-,23-,24?,25+,26-/m0/s1. The number of allylic oxidation sites excluding steroid dienone is 1. The summed E-state index contributed by atoms with van der Waals surface area (Å²) >= 11 is 0. The van der Waals surface area contributed by atoms with E-state index in [2.05, 4.69) is 56.9 Å². The molecule has 1 unspecified atom stereocenters. The van der Waals surface area contributed by atoms with Gasteiger partial charge in [-0.15, -0.1) is 0 Å². The first-order chi connectivity index (χ1) is 14.7. The molecule has 0 saturated heterocycles. The van der Waals surface area contributed by atoms with E-state index in [4.69, 9.17) is 13.9 Å². The molecule has 1 spiro atoms. The maximum atomic E-state index is 12.1. The Hall–Kier alpha value is -1.40. The summed E-state index contributed by atoms with van der Waals surface area (Å²) in [5.74, 6) is 1.04. The predicted molar refractivity (Wildman–Crippen MR) is 127 cm³/mol. The summed E-state index contributed by atoms with van der Waals surface area (Å²) in [6, 6.07) is 8.08. The number of methoxy groups -OCH3 is 1. The molecule has 3 aliphatic rings. The van der Waals surface area contributed by atoms with Gasteiger partial charge in [0.05, 0.1) is 31.5 Å². The van der Waals surface area contributed by atoms with Crippen molar-refractivity contribution < 1.29 is 19.0 Å². The number of ether oxygens (including phenoxy) is 2. The average molecular weight is 443 g/mol. The van der Waals surface area contributed by atoms with E-state index in [9.17, 15) is 5.11 Å². The van der Waals surface area contributed by atoms with Gasteiger partial charge in [-0.1, -0.05) is 30.4 Å². The maximum Gasteiger partial charge on any atom is 0.184 e. The van der Waals surface area contributed by atoms with Crippen LogP contribution in [0.5, 0.6) is 5.75 Å². The van der Waals surface area contributed by atoms with E-state index in [0.717, 1.165) is 42.6 Å². The van der Waals surface area contributed by atoms with E-state index in [1.807, 2.05) is 12.1 Å². The second kappa shape index (κ2) is 8.51. The van der Waals surface area contributed by atoms with Gasteiger partial charge in [-0.05, 0) is 81.9 Å². The molecule has 5 heteroatoms. The SMILES string of the molecule is COc1ccc(CO[C@H]2CC[C@@]34C(O[Si](C)(C)C)CC/C=C\C[C@]3(O)C(C)=C[C@@H]24)cc1. The summed E-state index contributed by atoms with van der Waals surface area (Å²) in [6.07, 6.45) is 11.4. The van der Waals surface area contributed by atoms with Gasteiger partial charge in [-0.3, -0.25) is 0 Å². The zero-order valence-corrected chi connectivity index (χ0v) is 20.7. The van der Waals surface area contributed by atoms with Crippen LogP contribution >= 0.6 is 0 Å². The van der Waals surface area contributed by atoms with Crippen LogP contribution < -0.4 is 4.74 Å². The minimum atomic E-state index is -1.78.